The van der Waals surface area contributed by atoms with Gasteiger partial charge in [-0.3, -0.25) is 0 Å². The van der Waals surface area contributed by atoms with E-state index in [9.17, 15) is 0 Å². The summed E-state index contributed by atoms with van der Waals surface area (Å²) in [6.07, 6.45) is 2.73. The van der Waals surface area contributed by atoms with Crippen LogP contribution in [0.2, 0.25) is 0 Å². The smallest absolute Gasteiger partial charge is 0.0208 e. The van der Waals surface area contributed by atoms with Crippen LogP contribution >= 0.6 is 0 Å². The summed E-state index contributed by atoms with van der Waals surface area (Å²) in [5.41, 5.74) is 3.57. The van der Waals surface area contributed by atoms with Crippen molar-refractivity contribution in [3.63, 3.8) is 0 Å². The Bertz CT molecular complexity index is 439. The maximum Gasteiger partial charge on any atom is 0.0208 e. The minimum Gasteiger partial charge on any atom is -0.312 e. The molecule has 1 aromatic carbocycles. The van der Waals surface area contributed by atoms with Crippen molar-refractivity contribution in [1.29, 1.82) is 0 Å². The number of fused-ring (bicyclic) bond motifs is 1. The summed E-state index contributed by atoms with van der Waals surface area (Å²) in [7, 11) is 0. The van der Waals surface area contributed by atoms with E-state index in [-0.39, 0.29) is 0 Å². The number of piperidine rings is 1. The van der Waals surface area contributed by atoms with Gasteiger partial charge in [0.2, 0.25) is 0 Å². The van der Waals surface area contributed by atoms with Gasteiger partial charge in [-0.05, 0) is 35.9 Å². The second-order valence-corrected chi connectivity index (χ2v) is 7.03. The maximum absolute atomic E-state index is 3.57. The van der Waals surface area contributed by atoms with E-state index >= 15 is 0 Å². The predicted octanol–water partition coefficient (Wildman–Crippen LogP) is 3.00. The van der Waals surface area contributed by atoms with Crippen molar-refractivity contribution in [3.05, 3.63) is 35.4 Å². The molecule has 1 atom stereocenters. The molecule has 1 unspecified atom stereocenters. The van der Waals surface area contributed by atoms with E-state index in [2.05, 4.69) is 48.3 Å². The van der Waals surface area contributed by atoms with Crippen LogP contribution in [0.5, 0.6) is 0 Å². The van der Waals surface area contributed by atoms with E-state index in [1.807, 2.05) is 0 Å². The molecule has 2 heterocycles. The monoisotopic (exact) mass is 258 g/mol. The largest absolute Gasteiger partial charge is 0.312 e. The molecule has 2 heteroatoms. The van der Waals surface area contributed by atoms with Crippen molar-refractivity contribution in [2.75, 3.05) is 26.2 Å². The number of hydrogen-bond acceptors (Lipinski definition) is 2. The number of benzene rings is 1. The summed E-state index contributed by atoms with van der Waals surface area (Å²) in [4.78, 5) is 2.68. The molecule has 1 saturated heterocycles. The van der Waals surface area contributed by atoms with Crippen LogP contribution in [-0.4, -0.2) is 31.1 Å². The van der Waals surface area contributed by atoms with Crippen molar-refractivity contribution in [2.24, 2.45) is 5.41 Å². The third-order valence-electron chi connectivity index (χ3n) is 4.66. The van der Waals surface area contributed by atoms with Crippen molar-refractivity contribution < 1.29 is 0 Å². The molecule has 2 nitrogen and oxygen atoms in total. The van der Waals surface area contributed by atoms with E-state index < -0.39 is 0 Å². The van der Waals surface area contributed by atoms with Gasteiger partial charge < -0.3 is 10.2 Å². The first-order valence-electron chi connectivity index (χ1n) is 7.65. The molecule has 0 saturated carbocycles. The van der Waals surface area contributed by atoms with E-state index in [1.165, 1.54) is 38.0 Å². The highest BCUT2D eigenvalue weighted by Crippen LogP contribution is 2.31. The number of likely N-dealkylation sites (tertiary alicyclic amines) is 1. The molecule has 1 N–H and O–H groups in total. The van der Waals surface area contributed by atoms with Gasteiger partial charge in [0.15, 0.2) is 0 Å². The Kier molecular flexibility index (Phi) is 3.64. The normalized spacial score (nSPS) is 26.9. The lowest BCUT2D eigenvalue weighted by Crippen LogP contribution is -2.44. The van der Waals surface area contributed by atoms with Crippen LogP contribution in [-0.2, 0) is 6.54 Å². The maximum atomic E-state index is 3.57. The first-order chi connectivity index (χ1) is 9.14. The highest BCUT2D eigenvalue weighted by atomic mass is 15.1. The molecule has 1 fully saturated rings. The molecule has 0 spiro atoms. The zero-order chi connectivity index (χ0) is 13.3. The van der Waals surface area contributed by atoms with Crippen LogP contribution in [0.25, 0.3) is 0 Å². The van der Waals surface area contributed by atoms with Crippen molar-refractivity contribution >= 4 is 0 Å². The van der Waals surface area contributed by atoms with Gasteiger partial charge in [-0.15, -0.1) is 0 Å². The third-order valence-corrected chi connectivity index (χ3v) is 4.66. The Labute approximate surface area is 117 Å². The van der Waals surface area contributed by atoms with Crippen LogP contribution in [0.15, 0.2) is 24.3 Å². The van der Waals surface area contributed by atoms with E-state index in [0.717, 1.165) is 13.1 Å². The lowest BCUT2D eigenvalue weighted by Gasteiger charge is -2.40. The Morgan fingerprint density at radius 2 is 2.16 bits per heavy atom. The number of hydrogen-bond donors (Lipinski definition) is 1. The lowest BCUT2D eigenvalue weighted by molar-refractivity contribution is 0.110. The minimum absolute atomic E-state index is 0.500. The van der Waals surface area contributed by atoms with Gasteiger partial charge in [-0.2, -0.15) is 0 Å². The van der Waals surface area contributed by atoms with E-state index in [0.29, 0.717) is 11.3 Å². The van der Waals surface area contributed by atoms with Crippen LogP contribution < -0.4 is 5.32 Å². The summed E-state index contributed by atoms with van der Waals surface area (Å²) in [5, 5.41) is 3.57. The topological polar surface area (TPSA) is 15.3 Å². The molecule has 1 aromatic rings. The van der Waals surface area contributed by atoms with Crippen LogP contribution in [0, 0.1) is 5.41 Å². The molecule has 104 valence electrons. The fourth-order valence-corrected chi connectivity index (χ4v) is 3.76. The Morgan fingerprint density at radius 1 is 1.32 bits per heavy atom. The molecule has 0 aliphatic carbocycles. The molecule has 3 rings (SSSR count). The van der Waals surface area contributed by atoms with E-state index in [4.69, 9.17) is 0 Å². The fourth-order valence-electron chi connectivity index (χ4n) is 3.76. The van der Waals surface area contributed by atoms with Crippen LogP contribution in [0.1, 0.15) is 43.7 Å². The average molecular weight is 258 g/mol. The van der Waals surface area contributed by atoms with Crippen LogP contribution in [0.3, 0.4) is 0 Å². The predicted molar refractivity (Wildman–Crippen MR) is 80.3 cm³/mol. The number of rotatable bonds is 2. The lowest BCUT2D eigenvalue weighted by atomic mass is 9.83. The summed E-state index contributed by atoms with van der Waals surface area (Å²) >= 11 is 0. The van der Waals surface area contributed by atoms with Crippen molar-refractivity contribution in [2.45, 2.75) is 39.2 Å². The average Bonchev–Trinajstić information content (AvgIpc) is 2.38. The Balaban J connectivity index is 1.71. The first kappa shape index (κ1) is 13.1. The Hall–Kier alpha value is -0.860. The molecule has 19 heavy (non-hydrogen) atoms. The molecule has 0 radical (unpaired) electrons. The molecule has 0 aromatic heterocycles. The van der Waals surface area contributed by atoms with Crippen molar-refractivity contribution in [1.82, 2.24) is 10.2 Å². The van der Waals surface area contributed by atoms with Crippen molar-refractivity contribution in [3.8, 4) is 0 Å². The minimum atomic E-state index is 0.500. The first-order valence-corrected chi connectivity index (χ1v) is 7.65. The summed E-state index contributed by atoms with van der Waals surface area (Å²) in [6, 6.07) is 8.95. The van der Waals surface area contributed by atoms with Gasteiger partial charge in [-0.25, -0.2) is 0 Å². The highest BCUT2D eigenvalue weighted by Gasteiger charge is 2.29. The number of nitrogens with one attached hydrogen (secondary N) is 1. The third kappa shape index (κ3) is 3.01. The second-order valence-electron chi connectivity index (χ2n) is 7.03. The quantitative estimate of drug-likeness (QED) is 0.877. The molecular formula is C17H26N2. The van der Waals surface area contributed by atoms with Crippen LogP contribution in [0.4, 0.5) is 0 Å². The second kappa shape index (κ2) is 5.26. The molecule has 2 aliphatic rings. The van der Waals surface area contributed by atoms with Gasteiger partial charge in [-0.1, -0.05) is 38.1 Å². The molecule has 0 amide bonds. The SMILES string of the molecule is CC1(C)CCCN(CC2CNCc3ccccc32)C1. The fraction of sp³-hybridized carbons (Fsp3) is 0.647. The summed E-state index contributed by atoms with van der Waals surface area (Å²) < 4.78 is 0. The van der Waals surface area contributed by atoms with Gasteiger partial charge >= 0.3 is 0 Å². The highest BCUT2D eigenvalue weighted by molar-refractivity contribution is 5.32. The number of nitrogens with zero attached hydrogens (tertiary/aromatic N) is 1. The zero-order valence-corrected chi connectivity index (χ0v) is 12.3. The van der Waals surface area contributed by atoms with Gasteiger partial charge in [0.25, 0.3) is 0 Å². The van der Waals surface area contributed by atoms with Gasteiger partial charge in [0.1, 0.15) is 0 Å². The van der Waals surface area contributed by atoms with Gasteiger partial charge in [0, 0.05) is 32.1 Å². The van der Waals surface area contributed by atoms with Gasteiger partial charge in [0.05, 0.1) is 0 Å². The molecule has 2 aliphatic heterocycles. The standard InChI is InChI=1S/C17H26N2/c1-17(2)8-5-9-19(13-17)12-15-11-18-10-14-6-3-4-7-16(14)15/h3-4,6-7,15,18H,5,8-13H2,1-2H3. The summed E-state index contributed by atoms with van der Waals surface area (Å²) in [6.45, 7) is 10.7. The Morgan fingerprint density at radius 3 is 3.00 bits per heavy atom. The van der Waals surface area contributed by atoms with E-state index in [1.54, 1.807) is 5.56 Å². The molecular weight excluding hydrogens is 232 g/mol. The molecule has 0 bridgehead atoms. The summed E-state index contributed by atoms with van der Waals surface area (Å²) in [5.74, 6) is 0.666. The zero-order valence-electron chi connectivity index (χ0n) is 12.3.